The van der Waals surface area contributed by atoms with Crippen molar-refractivity contribution in [3.8, 4) is 11.3 Å². The van der Waals surface area contributed by atoms with Crippen molar-refractivity contribution in [2.75, 3.05) is 11.6 Å². The third-order valence-corrected chi connectivity index (χ3v) is 3.90. The summed E-state index contributed by atoms with van der Waals surface area (Å²) in [6.45, 7) is 0. The first-order valence-corrected chi connectivity index (χ1v) is 8.45. The van der Waals surface area contributed by atoms with E-state index in [4.69, 9.17) is 0 Å². The zero-order valence-electron chi connectivity index (χ0n) is 12.9. The monoisotopic (exact) mass is 336 g/mol. The molecule has 0 fully saturated rings. The second-order valence-electron chi connectivity index (χ2n) is 4.98. The van der Waals surface area contributed by atoms with Gasteiger partial charge in [0.15, 0.2) is 5.16 Å². The smallest absolute Gasteiger partial charge is 0.189 e. The Balaban J connectivity index is 1.91. The third-order valence-electron chi connectivity index (χ3n) is 3.35. The Morgan fingerprint density at radius 1 is 1.04 bits per heavy atom. The van der Waals surface area contributed by atoms with Crippen molar-refractivity contribution in [2.24, 2.45) is 0 Å². The zero-order valence-corrected chi connectivity index (χ0v) is 13.7. The number of carboxylic acids is 1. The summed E-state index contributed by atoms with van der Waals surface area (Å²) in [6.07, 6.45) is 1.92. The first-order valence-electron chi connectivity index (χ1n) is 7.22. The Bertz CT molecular complexity index is 852. The molecule has 0 aliphatic heterocycles. The molecule has 2 aromatic carbocycles. The van der Waals surface area contributed by atoms with Crippen molar-refractivity contribution in [3.63, 3.8) is 0 Å². The molecule has 3 rings (SSSR count). The highest BCUT2D eigenvalue weighted by Gasteiger charge is 2.06. The van der Waals surface area contributed by atoms with Gasteiger partial charge in [0.1, 0.15) is 5.82 Å². The number of hydrogen-bond acceptors (Lipinski definition) is 6. The standard InChI is InChI=1S/C18H15N3O2S/c1-24-18-20-15(12-5-3-2-4-6-12)11-16(21-18)19-14-9-7-13(8-10-14)17(22)23/h2-11H,1H3,(H,22,23)(H,19,20,21)/p-1. The summed E-state index contributed by atoms with van der Waals surface area (Å²) in [5.74, 6) is -0.547. The van der Waals surface area contributed by atoms with Gasteiger partial charge >= 0.3 is 0 Å². The molecule has 0 saturated heterocycles. The van der Waals surface area contributed by atoms with Gasteiger partial charge in [-0.2, -0.15) is 0 Å². The van der Waals surface area contributed by atoms with Gasteiger partial charge in [0, 0.05) is 17.3 Å². The van der Waals surface area contributed by atoms with Crippen LogP contribution in [0.15, 0.2) is 65.8 Å². The topological polar surface area (TPSA) is 77.9 Å². The average molecular weight is 336 g/mol. The Morgan fingerprint density at radius 3 is 2.38 bits per heavy atom. The van der Waals surface area contributed by atoms with Crippen LogP contribution in [0.25, 0.3) is 11.3 Å². The lowest BCUT2D eigenvalue weighted by Crippen LogP contribution is -2.21. The summed E-state index contributed by atoms with van der Waals surface area (Å²) in [7, 11) is 0. The number of carbonyl (C=O) groups is 1. The van der Waals surface area contributed by atoms with Crippen LogP contribution in [0.5, 0.6) is 0 Å². The van der Waals surface area contributed by atoms with Crippen LogP contribution in [0, 0.1) is 0 Å². The molecule has 0 atom stereocenters. The van der Waals surface area contributed by atoms with Gasteiger partial charge in [-0.05, 0) is 24.0 Å². The zero-order chi connectivity index (χ0) is 16.9. The Morgan fingerprint density at radius 2 is 1.75 bits per heavy atom. The fraction of sp³-hybridized carbons (Fsp3) is 0.0556. The molecule has 0 aliphatic rings. The number of benzene rings is 2. The minimum Gasteiger partial charge on any atom is -0.545 e. The SMILES string of the molecule is CSc1nc(Nc2ccc(C(=O)[O-])cc2)cc(-c2ccccc2)n1. The van der Waals surface area contributed by atoms with Crippen molar-refractivity contribution in [2.45, 2.75) is 5.16 Å². The molecule has 0 amide bonds. The van der Waals surface area contributed by atoms with Crippen LogP contribution in [-0.4, -0.2) is 22.2 Å². The fourth-order valence-corrected chi connectivity index (χ4v) is 2.55. The lowest BCUT2D eigenvalue weighted by atomic mass is 10.1. The highest BCUT2D eigenvalue weighted by Crippen LogP contribution is 2.24. The van der Waals surface area contributed by atoms with Gasteiger partial charge in [-0.25, -0.2) is 9.97 Å². The number of nitrogens with zero attached hydrogens (tertiary/aromatic N) is 2. The number of thioether (sulfide) groups is 1. The number of aromatic nitrogens is 2. The molecule has 120 valence electrons. The van der Waals surface area contributed by atoms with Gasteiger partial charge < -0.3 is 15.2 Å². The van der Waals surface area contributed by atoms with E-state index in [1.807, 2.05) is 42.7 Å². The number of nitrogens with one attached hydrogen (secondary N) is 1. The average Bonchev–Trinajstić information content (AvgIpc) is 2.62. The van der Waals surface area contributed by atoms with Gasteiger partial charge in [-0.3, -0.25) is 0 Å². The van der Waals surface area contributed by atoms with Gasteiger partial charge in [-0.1, -0.05) is 54.2 Å². The molecule has 1 heterocycles. The van der Waals surface area contributed by atoms with E-state index in [9.17, 15) is 9.90 Å². The van der Waals surface area contributed by atoms with Gasteiger partial charge in [0.05, 0.1) is 11.7 Å². The summed E-state index contributed by atoms with van der Waals surface area (Å²) < 4.78 is 0. The Hall–Kier alpha value is -2.86. The van der Waals surface area contributed by atoms with E-state index in [1.165, 1.54) is 23.9 Å². The molecule has 0 aliphatic carbocycles. The molecule has 5 nitrogen and oxygen atoms in total. The minimum atomic E-state index is -1.19. The van der Waals surface area contributed by atoms with E-state index in [0.717, 1.165) is 16.9 Å². The lowest BCUT2D eigenvalue weighted by molar-refractivity contribution is -0.255. The maximum absolute atomic E-state index is 10.8. The number of carboxylic acid groups (broad SMARTS) is 1. The second kappa shape index (κ2) is 7.14. The molecule has 0 radical (unpaired) electrons. The number of aromatic carboxylic acids is 1. The first kappa shape index (κ1) is 16.0. The Kier molecular flexibility index (Phi) is 4.77. The molecule has 3 aromatic rings. The maximum Gasteiger partial charge on any atom is 0.189 e. The van der Waals surface area contributed by atoms with Crippen molar-refractivity contribution in [3.05, 3.63) is 66.2 Å². The van der Waals surface area contributed by atoms with E-state index < -0.39 is 5.97 Å². The van der Waals surface area contributed by atoms with Crippen LogP contribution in [0.3, 0.4) is 0 Å². The minimum absolute atomic E-state index is 0.137. The van der Waals surface area contributed by atoms with E-state index in [0.29, 0.717) is 11.0 Å². The van der Waals surface area contributed by atoms with Crippen LogP contribution in [0.2, 0.25) is 0 Å². The Labute approximate surface area is 143 Å². The van der Waals surface area contributed by atoms with E-state index >= 15 is 0 Å². The van der Waals surface area contributed by atoms with Gasteiger partial charge in [-0.15, -0.1) is 0 Å². The first-order chi connectivity index (χ1) is 11.7. The van der Waals surface area contributed by atoms with Crippen molar-refractivity contribution < 1.29 is 9.90 Å². The molecule has 1 aromatic heterocycles. The molecule has 0 saturated carbocycles. The number of rotatable bonds is 5. The summed E-state index contributed by atoms with van der Waals surface area (Å²) >= 11 is 1.46. The van der Waals surface area contributed by atoms with Gasteiger partial charge in [0.2, 0.25) is 0 Å². The number of anilines is 2. The van der Waals surface area contributed by atoms with Crippen LogP contribution >= 0.6 is 11.8 Å². The molecule has 0 unspecified atom stereocenters. The summed E-state index contributed by atoms with van der Waals surface area (Å²) in [5.41, 5.74) is 2.71. The van der Waals surface area contributed by atoms with Gasteiger partial charge in [0.25, 0.3) is 0 Å². The molecular formula is C18H14N3O2S-. The lowest BCUT2D eigenvalue weighted by Gasteiger charge is -2.10. The second-order valence-corrected chi connectivity index (χ2v) is 5.75. The summed E-state index contributed by atoms with van der Waals surface area (Å²) in [4.78, 5) is 19.8. The van der Waals surface area contributed by atoms with Crippen molar-refractivity contribution in [1.82, 2.24) is 9.97 Å². The van der Waals surface area contributed by atoms with Crippen LogP contribution in [0.4, 0.5) is 11.5 Å². The van der Waals surface area contributed by atoms with Crippen molar-refractivity contribution >= 4 is 29.2 Å². The van der Waals surface area contributed by atoms with E-state index in [-0.39, 0.29) is 5.56 Å². The van der Waals surface area contributed by atoms with Crippen LogP contribution in [0.1, 0.15) is 10.4 Å². The highest BCUT2D eigenvalue weighted by atomic mass is 32.2. The molecular weight excluding hydrogens is 322 g/mol. The van der Waals surface area contributed by atoms with Crippen LogP contribution < -0.4 is 10.4 Å². The molecule has 24 heavy (non-hydrogen) atoms. The van der Waals surface area contributed by atoms with E-state index in [1.54, 1.807) is 12.1 Å². The fourth-order valence-electron chi connectivity index (χ4n) is 2.17. The summed E-state index contributed by atoms with van der Waals surface area (Å²) in [5, 5.41) is 14.6. The quantitative estimate of drug-likeness (QED) is 0.570. The molecule has 6 heteroatoms. The molecule has 1 N–H and O–H groups in total. The normalized spacial score (nSPS) is 10.4. The molecule has 0 bridgehead atoms. The number of carbonyl (C=O) groups excluding carboxylic acids is 1. The molecule has 0 spiro atoms. The highest BCUT2D eigenvalue weighted by molar-refractivity contribution is 7.98. The predicted octanol–water partition coefficient (Wildman–Crippen LogP) is 2.97. The number of hydrogen-bond donors (Lipinski definition) is 1. The summed E-state index contributed by atoms with van der Waals surface area (Å²) in [6, 6.07) is 18.1. The van der Waals surface area contributed by atoms with E-state index in [2.05, 4.69) is 15.3 Å². The van der Waals surface area contributed by atoms with Crippen LogP contribution in [-0.2, 0) is 0 Å². The predicted molar refractivity (Wildman–Crippen MR) is 93.3 cm³/mol. The largest absolute Gasteiger partial charge is 0.545 e. The maximum atomic E-state index is 10.8. The van der Waals surface area contributed by atoms with Crippen molar-refractivity contribution in [1.29, 1.82) is 0 Å². The third kappa shape index (κ3) is 3.72.